The second-order valence-electron chi connectivity index (χ2n) is 10.6. The lowest BCUT2D eigenvalue weighted by Crippen LogP contribution is -2.46. The van der Waals surface area contributed by atoms with Crippen molar-refractivity contribution in [3.8, 4) is 11.4 Å². The number of esters is 1. The molecule has 0 unspecified atom stereocenters. The predicted octanol–water partition coefficient (Wildman–Crippen LogP) is 4.05. The van der Waals surface area contributed by atoms with Crippen LogP contribution in [0.1, 0.15) is 81.4 Å². The Morgan fingerprint density at radius 2 is 1.97 bits per heavy atom. The number of rotatable bonds is 3. The molecule has 34 heavy (non-hydrogen) atoms. The number of benzene rings is 1. The van der Waals surface area contributed by atoms with Crippen LogP contribution in [0.2, 0.25) is 0 Å². The van der Waals surface area contributed by atoms with E-state index in [4.69, 9.17) is 14.6 Å². The Balaban J connectivity index is 1.55. The topological polar surface area (TPSA) is 85.7 Å². The van der Waals surface area contributed by atoms with Crippen molar-refractivity contribution in [1.82, 2.24) is 20.0 Å². The van der Waals surface area contributed by atoms with Crippen molar-refractivity contribution in [2.75, 3.05) is 19.6 Å². The average molecular weight is 467 g/mol. The van der Waals surface area contributed by atoms with E-state index in [1.807, 2.05) is 42.5 Å². The maximum absolute atomic E-state index is 13.0. The molecule has 0 radical (unpaired) electrons. The minimum Gasteiger partial charge on any atom is -0.444 e. The van der Waals surface area contributed by atoms with Gasteiger partial charge in [0.25, 0.3) is 0 Å². The number of amides is 1. The van der Waals surface area contributed by atoms with E-state index in [2.05, 4.69) is 11.4 Å². The lowest BCUT2D eigenvalue weighted by molar-refractivity contribution is -0.131. The van der Waals surface area contributed by atoms with E-state index < -0.39 is 5.60 Å². The number of nitrogens with one attached hydrogen (secondary N) is 1. The molecular weight excluding hydrogens is 432 g/mol. The molecule has 1 aromatic carbocycles. The van der Waals surface area contributed by atoms with Gasteiger partial charge in [0.2, 0.25) is 0 Å². The van der Waals surface area contributed by atoms with Crippen molar-refractivity contribution in [3.05, 3.63) is 40.7 Å². The highest BCUT2D eigenvalue weighted by Crippen LogP contribution is 2.41. The fourth-order valence-electron chi connectivity index (χ4n) is 5.20. The van der Waals surface area contributed by atoms with Crippen molar-refractivity contribution < 1.29 is 19.1 Å². The van der Waals surface area contributed by atoms with E-state index in [0.717, 1.165) is 35.6 Å². The van der Waals surface area contributed by atoms with Gasteiger partial charge < -0.3 is 14.8 Å². The minimum atomic E-state index is -0.552. The first-order chi connectivity index (χ1) is 16.2. The molecule has 8 heteroatoms. The maximum atomic E-state index is 13.0. The summed E-state index contributed by atoms with van der Waals surface area (Å²) in [5.74, 6) is 0.747. The molecule has 1 aromatic heterocycles. The van der Waals surface area contributed by atoms with Crippen LogP contribution in [0.25, 0.3) is 5.69 Å². The van der Waals surface area contributed by atoms with Gasteiger partial charge in [-0.15, -0.1) is 0 Å². The van der Waals surface area contributed by atoms with Gasteiger partial charge in [-0.25, -0.2) is 9.48 Å². The van der Waals surface area contributed by atoms with Gasteiger partial charge in [0.1, 0.15) is 11.3 Å². The number of hydrogen-bond donors (Lipinski definition) is 1. The van der Waals surface area contributed by atoms with Crippen molar-refractivity contribution in [1.29, 1.82) is 0 Å². The standard InChI is InChI=1S/C26H34N4O4/c1-16(31)33-23-14-18(17-6-5-7-17)8-9-20(23)30-21-11-13-29(25(32)34-26(2,3)4)22-15-27-12-10-19(28-30)24(21)22/h8-9,14,17,22,27H,5-7,10-13,15H2,1-4H3/t22-/m0/s1. The smallest absolute Gasteiger partial charge is 0.410 e. The quantitative estimate of drug-likeness (QED) is 0.543. The van der Waals surface area contributed by atoms with E-state index in [0.29, 0.717) is 31.2 Å². The Labute approximate surface area is 200 Å². The molecule has 2 aliphatic heterocycles. The largest absolute Gasteiger partial charge is 0.444 e. The Bertz CT molecular complexity index is 1110. The fourth-order valence-corrected chi connectivity index (χ4v) is 5.20. The molecule has 182 valence electrons. The summed E-state index contributed by atoms with van der Waals surface area (Å²) in [5.41, 5.74) is 4.59. The predicted molar refractivity (Wildman–Crippen MR) is 127 cm³/mol. The van der Waals surface area contributed by atoms with Gasteiger partial charge in [-0.1, -0.05) is 12.5 Å². The first-order valence-electron chi connectivity index (χ1n) is 12.3. The van der Waals surface area contributed by atoms with Crippen molar-refractivity contribution >= 4 is 12.1 Å². The highest BCUT2D eigenvalue weighted by molar-refractivity contribution is 5.72. The number of aromatic nitrogens is 2. The molecule has 1 aliphatic carbocycles. The molecular formula is C26H34N4O4. The van der Waals surface area contributed by atoms with Crippen LogP contribution in [0.5, 0.6) is 5.75 Å². The third-order valence-electron chi connectivity index (χ3n) is 6.94. The van der Waals surface area contributed by atoms with Gasteiger partial charge in [0.05, 0.1) is 17.4 Å². The molecule has 2 aromatic rings. The van der Waals surface area contributed by atoms with Crippen molar-refractivity contribution in [2.24, 2.45) is 0 Å². The van der Waals surface area contributed by atoms with Gasteiger partial charge in [-0.05, 0) is 57.2 Å². The summed E-state index contributed by atoms with van der Waals surface area (Å²) in [4.78, 5) is 26.8. The SMILES string of the molecule is CC(=O)Oc1cc(C2CCC2)ccc1-n1nc2c3c1CCN(C(=O)OC(C)(C)C)[C@H]3CNCC2. The van der Waals surface area contributed by atoms with Gasteiger partial charge >= 0.3 is 12.1 Å². The molecule has 5 rings (SSSR count). The summed E-state index contributed by atoms with van der Waals surface area (Å²) >= 11 is 0. The normalized spacial score (nSPS) is 20.2. The Morgan fingerprint density at radius 3 is 2.65 bits per heavy atom. The van der Waals surface area contributed by atoms with E-state index in [-0.39, 0.29) is 18.1 Å². The second-order valence-corrected chi connectivity index (χ2v) is 10.6. The van der Waals surface area contributed by atoms with Crippen LogP contribution >= 0.6 is 0 Å². The fraction of sp³-hybridized carbons (Fsp3) is 0.577. The van der Waals surface area contributed by atoms with Crippen LogP contribution in [-0.4, -0.2) is 52.0 Å². The zero-order chi connectivity index (χ0) is 24.0. The molecule has 1 saturated carbocycles. The summed E-state index contributed by atoms with van der Waals surface area (Å²) in [6, 6.07) is 6.04. The third-order valence-corrected chi connectivity index (χ3v) is 6.94. The summed E-state index contributed by atoms with van der Waals surface area (Å²) in [7, 11) is 0. The zero-order valence-corrected chi connectivity index (χ0v) is 20.5. The van der Waals surface area contributed by atoms with E-state index >= 15 is 0 Å². The molecule has 1 amide bonds. The molecule has 1 fully saturated rings. The van der Waals surface area contributed by atoms with Crippen LogP contribution < -0.4 is 10.1 Å². The monoisotopic (exact) mass is 466 g/mol. The molecule has 3 heterocycles. The lowest BCUT2D eigenvalue weighted by Gasteiger charge is -2.37. The van der Waals surface area contributed by atoms with Crippen LogP contribution in [-0.2, 0) is 22.4 Å². The summed E-state index contributed by atoms with van der Waals surface area (Å²) < 4.78 is 13.3. The first kappa shape index (κ1) is 22.9. The summed E-state index contributed by atoms with van der Waals surface area (Å²) in [5, 5.41) is 8.45. The Kier molecular flexibility index (Phi) is 5.88. The zero-order valence-electron chi connectivity index (χ0n) is 20.5. The summed E-state index contributed by atoms with van der Waals surface area (Å²) in [6.45, 7) is 9.09. The second kappa shape index (κ2) is 8.73. The van der Waals surface area contributed by atoms with Gasteiger partial charge in [0, 0.05) is 45.0 Å². The first-order valence-corrected chi connectivity index (χ1v) is 12.3. The average Bonchev–Trinajstić information content (AvgIpc) is 2.93. The maximum Gasteiger partial charge on any atom is 0.410 e. The van der Waals surface area contributed by atoms with Crippen molar-refractivity contribution in [2.45, 2.75) is 77.4 Å². The third kappa shape index (κ3) is 4.31. The number of ether oxygens (including phenoxy) is 2. The minimum absolute atomic E-state index is 0.142. The number of hydrogen-bond acceptors (Lipinski definition) is 6. The number of carbonyl (C=O) groups excluding carboxylic acids is 2. The Hall–Kier alpha value is -2.87. The number of nitrogens with zero attached hydrogens (tertiary/aromatic N) is 3. The molecule has 8 nitrogen and oxygen atoms in total. The van der Waals surface area contributed by atoms with Gasteiger partial charge in [0.15, 0.2) is 5.75 Å². The van der Waals surface area contributed by atoms with Crippen LogP contribution in [0.3, 0.4) is 0 Å². The van der Waals surface area contributed by atoms with E-state index in [1.54, 1.807) is 0 Å². The molecule has 3 aliphatic rings. The van der Waals surface area contributed by atoms with Gasteiger partial charge in [-0.2, -0.15) is 5.10 Å². The molecule has 1 atom stereocenters. The van der Waals surface area contributed by atoms with Crippen molar-refractivity contribution in [3.63, 3.8) is 0 Å². The van der Waals surface area contributed by atoms with Crippen LogP contribution in [0, 0.1) is 0 Å². The van der Waals surface area contributed by atoms with E-state index in [9.17, 15) is 9.59 Å². The van der Waals surface area contributed by atoms with Gasteiger partial charge in [-0.3, -0.25) is 9.69 Å². The Morgan fingerprint density at radius 1 is 1.18 bits per heavy atom. The van der Waals surface area contributed by atoms with Crippen LogP contribution in [0.4, 0.5) is 4.79 Å². The molecule has 1 N–H and O–H groups in total. The lowest BCUT2D eigenvalue weighted by atomic mass is 9.80. The summed E-state index contributed by atoms with van der Waals surface area (Å²) in [6.07, 6.45) is 4.73. The molecule has 0 saturated heterocycles. The van der Waals surface area contributed by atoms with E-state index in [1.165, 1.54) is 31.7 Å². The highest BCUT2D eigenvalue weighted by Gasteiger charge is 2.39. The number of carbonyl (C=O) groups is 2. The van der Waals surface area contributed by atoms with Crippen LogP contribution in [0.15, 0.2) is 18.2 Å². The molecule has 0 spiro atoms. The highest BCUT2D eigenvalue weighted by atomic mass is 16.6. The molecule has 0 bridgehead atoms.